The fraction of sp³-hybridized carbons (Fsp3) is 0.444. The van der Waals surface area contributed by atoms with Crippen molar-refractivity contribution in [1.82, 2.24) is 5.32 Å². The maximum Gasteiger partial charge on any atom is 0.249 e. The molecule has 32 heavy (non-hydrogen) atoms. The first-order chi connectivity index (χ1) is 15.5. The maximum atomic E-state index is 12.9. The van der Waals surface area contributed by atoms with Gasteiger partial charge >= 0.3 is 0 Å². The summed E-state index contributed by atoms with van der Waals surface area (Å²) in [5, 5.41) is 2.77. The number of carbonyl (C=O) groups excluding carboxylic acids is 3. The van der Waals surface area contributed by atoms with Crippen LogP contribution in [0.5, 0.6) is 0 Å². The molecular formula is C27H33NO4. The molecule has 1 amide bonds. The average Bonchev–Trinajstić information content (AvgIpc) is 2.81. The first kappa shape index (κ1) is 23.9. The van der Waals surface area contributed by atoms with Crippen LogP contribution in [0.25, 0.3) is 0 Å². The number of ketones is 2. The van der Waals surface area contributed by atoms with E-state index in [0.717, 1.165) is 36.8 Å². The first-order valence-corrected chi connectivity index (χ1v) is 11.5. The molecule has 5 nitrogen and oxygen atoms in total. The monoisotopic (exact) mass is 435 g/mol. The van der Waals surface area contributed by atoms with Crippen molar-refractivity contribution in [2.45, 2.75) is 58.2 Å². The van der Waals surface area contributed by atoms with Gasteiger partial charge in [-0.25, -0.2) is 0 Å². The largest absolute Gasteiger partial charge is 0.363 e. The molecule has 2 aromatic carbocycles. The molecule has 1 aliphatic carbocycles. The van der Waals surface area contributed by atoms with Crippen molar-refractivity contribution in [3.05, 3.63) is 71.8 Å². The minimum absolute atomic E-state index is 0.0246. The molecule has 0 aliphatic heterocycles. The van der Waals surface area contributed by atoms with E-state index in [1.54, 1.807) is 6.92 Å². The Balaban J connectivity index is 1.56. The van der Waals surface area contributed by atoms with Gasteiger partial charge in [0.1, 0.15) is 11.9 Å². The molecule has 1 N–H and O–H groups in total. The summed E-state index contributed by atoms with van der Waals surface area (Å²) in [5.41, 5.74) is 1.99. The predicted molar refractivity (Wildman–Crippen MR) is 124 cm³/mol. The highest BCUT2D eigenvalue weighted by Gasteiger charge is 2.30. The number of Topliss-reactive ketones (excluding diaryl/α,β-unsaturated/α-hetero) is 2. The fourth-order valence-corrected chi connectivity index (χ4v) is 4.48. The second-order valence-electron chi connectivity index (χ2n) is 8.70. The molecule has 1 saturated carbocycles. The first-order valence-electron chi connectivity index (χ1n) is 11.5. The van der Waals surface area contributed by atoms with E-state index in [9.17, 15) is 14.4 Å². The van der Waals surface area contributed by atoms with E-state index < -0.39 is 6.10 Å². The van der Waals surface area contributed by atoms with Crippen LogP contribution < -0.4 is 5.32 Å². The van der Waals surface area contributed by atoms with Crippen LogP contribution in [0.3, 0.4) is 0 Å². The molecule has 2 aromatic rings. The molecule has 1 aliphatic rings. The Kier molecular flexibility index (Phi) is 9.17. The SMILES string of the molecule is CC(=O)[C@@H]1CCCC[C@H]1CC(=O)CNC(=O)[C@H](Cc1ccccc1)OCc1ccccc1. The molecule has 170 valence electrons. The molecule has 0 aromatic heterocycles. The van der Waals surface area contributed by atoms with Crippen LogP contribution in [-0.2, 0) is 32.1 Å². The zero-order valence-electron chi connectivity index (χ0n) is 18.8. The van der Waals surface area contributed by atoms with E-state index in [4.69, 9.17) is 4.74 Å². The van der Waals surface area contributed by atoms with Gasteiger partial charge in [-0.1, -0.05) is 73.5 Å². The Labute approximate surface area is 190 Å². The summed E-state index contributed by atoms with van der Waals surface area (Å²) in [6, 6.07) is 19.4. The highest BCUT2D eigenvalue weighted by molar-refractivity contribution is 5.88. The van der Waals surface area contributed by atoms with Crippen LogP contribution in [0.4, 0.5) is 0 Å². The molecule has 0 spiro atoms. The molecule has 0 saturated heterocycles. The van der Waals surface area contributed by atoms with Crippen LogP contribution in [0.2, 0.25) is 0 Å². The van der Waals surface area contributed by atoms with Crippen LogP contribution in [0.1, 0.15) is 50.2 Å². The Morgan fingerprint density at radius 2 is 1.56 bits per heavy atom. The molecule has 0 heterocycles. The molecule has 0 radical (unpaired) electrons. The molecule has 3 rings (SSSR count). The van der Waals surface area contributed by atoms with E-state index in [1.165, 1.54) is 0 Å². The number of hydrogen-bond donors (Lipinski definition) is 1. The van der Waals surface area contributed by atoms with Gasteiger partial charge in [-0.3, -0.25) is 14.4 Å². The fourth-order valence-electron chi connectivity index (χ4n) is 4.48. The Morgan fingerprint density at radius 1 is 0.938 bits per heavy atom. The minimum Gasteiger partial charge on any atom is -0.363 e. The Bertz CT molecular complexity index is 881. The maximum absolute atomic E-state index is 12.9. The minimum atomic E-state index is -0.690. The third-order valence-electron chi connectivity index (χ3n) is 6.23. The van der Waals surface area contributed by atoms with Crippen LogP contribution in [0.15, 0.2) is 60.7 Å². The number of hydrogen-bond acceptors (Lipinski definition) is 4. The van der Waals surface area contributed by atoms with Gasteiger partial charge in [0.25, 0.3) is 0 Å². The average molecular weight is 436 g/mol. The lowest BCUT2D eigenvalue weighted by Gasteiger charge is -2.29. The van der Waals surface area contributed by atoms with E-state index >= 15 is 0 Å². The van der Waals surface area contributed by atoms with Gasteiger partial charge in [0.05, 0.1) is 13.2 Å². The van der Waals surface area contributed by atoms with Gasteiger partial charge < -0.3 is 10.1 Å². The van der Waals surface area contributed by atoms with E-state index in [-0.39, 0.29) is 35.9 Å². The topological polar surface area (TPSA) is 72.5 Å². The number of rotatable bonds is 11. The van der Waals surface area contributed by atoms with Crippen LogP contribution >= 0.6 is 0 Å². The predicted octanol–water partition coefficient (Wildman–Crippen LogP) is 4.29. The Hall–Kier alpha value is -2.79. The van der Waals surface area contributed by atoms with Crippen molar-refractivity contribution in [3.8, 4) is 0 Å². The van der Waals surface area contributed by atoms with E-state index in [1.807, 2.05) is 60.7 Å². The van der Waals surface area contributed by atoms with Crippen molar-refractivity contribution in [2.24, 2.45) is 11.8 Å². The van der Waals surface area contributed by atoms with Gasteiger partial charge in [0.2, 0.25) is 5.91 Å². The highest BCUT2D eigenvalue weighted by Crippen LogP contribution is 2.33. The van der Waals surface area contributed by atoms with E-state index in [2.05, 4.69) is 5.32 Å². The Morgan fingerprint density at radius 3 is 2.22 bits per heavy atom. The molecule has 0 unspecified atom stereocenters. The zero-order valence-corrected chi connectivity index (χ0v) is 18.8. The summed E-state index contributed by atoms with van der Waals surface area (Å²) < 4.78 is 5.96. The summed E-state index contributed by atoms with van der Waals surface area (Å²) in [6.45, 7) is 1.91. The molecule has 1 fully saturated rings. The van der Waals surface area contributed by atoms with Crippen molar-refractivity contribution in [1.29, 1.82) is 0 Å². The van der Waals surface area contributed by atoms with Crippen molar-refractivity contribution in [2.75, 3.05) is 6.54 Å². The van der Waals surface area contributed by atoms with Crippen LogP contribution in [-0.4, -0.2) is 30.1 Å². The van der Waals surface area contributed by atoms with Gasteiger partial charge in [0.15, 0.2) is 5.78 Å². The van der Waals surface area contributed by atoms with Gasteiger partial charge in [-0.05, 0) is 36.8 Å². The molecule has 0 bridgehead atoms. The summed E-state index contributed by atoms with van der Waals surface area (Å²) in [5.74, 6) is -0.0739. The summed E-state index contributed by atoms with van der Waals surface area (Å²) >= 11 is 0. The molecule has 3 atom stereocenters. The smallest absolute Gasteiger partial charge is 0.249 e. The van der Waals surface area contributed by atoms with Crippen molar-refractivity contribution < 1.29 is 19.1 Å². The number of carbonyl (C=O) groups is 3. The lowest BCUT2D eigenvalue weighted by molar-refractivity contribution is -0.135. The number of benzene rings is 2. The third kappa shape index (κ3) is 7.41. The van der Waals surface area contributed by atoms with Crippen molar-refractivity contribution in [3.63, 3.8) is 0 Å². The van der Waals surface area contributed by atoms with Gasteiger partial charge in [0, 0.05) is 18.8 Å². The number of ether oxygens (including phenoxy) is 1. The van der Waals surface area contributed by atoms with Gasteiger partial charge in [-0.15, -0.1) is 0 Å². The summed E-state index contributed by atoms with van der Waals surface area (Å²) in [7, 11) is 0. The molecular weight excluding hydrogens is 402 g/mol. The quantitative estimate of drug-likeness (QED) is 0.572. The normalized spacial score (nSPS) is 19.2. The third-order valence-corrected chi connectivity index (χ3v) is 6.23. The standard InChI is InChI=1S/C27H33NO4/c1-20(29)25-15-9-8-14-23(25)17-24(30)18-28-27(31)26(16-21-10-4-2-5-11-21)32-19-22-12-6-3-7-13-22/h2-7,10-13,23,25-26H,8-9,14-19H2,1H3,(H,28,31)/t23-,25-,26-/m0/s1. The van der Waals surface area contributed by atoms with E-state index in [0.29, 0.717) is 19.4 Å². The summed E-state index contributed by atoms with van der Waals surface area (Å²) in [4.78, 5) is 37.4. The van der Waals surface area contributed by atoms with Crippen LogP contribution in [0, 0.1) is 11.8 Å². The highest BCUT2D eigenvalue weighted by atomic mass is 16.5. The van der Waals surface area contributed by atoms with Crippen molar-refractivity contribution >= 4 is 17.5 Å². The number of nitrogens with one attached hydrogen (secondary N) is 1. The second-order valence-corrected chi connectivity index (χ2v) is 8.70. The number of amides is 1. The zero-order chi connectivity index (χ0) is 22.8. The second kappa shape index (κ2) is 12.3. The molecule has 5 heteroatoms. The lowest BCUT2D eigenvalue weighted by Crippen LogP contribution is -2.41. The lowest BCUT2D eigenvalue weighted by atomic mass is 9.75. The van der Waals surface area contributed by atoms with Gasteiger partial charge in [-0.2, -0.15) is 0 Å². The summed E-state index contributed by atoms with van der Waals surface area (Å²) in [6.07, 6.45) is 3.96.